The lowest BCUT2D eigenvalue weighted by atomic mass is 9.90. The SMILES string of the molecule is CCc1cc(OC)c(OC)c(CC2CCCNC2)c1Cl. The Bertz CT molecular complexity index is 456. The first-order valence-corrected chi connectivity index (χ1v) is 7.72. The Hall–Kier alpha value is -0.930. The van der Waals surface area contributed by atoms with Crippen LogP contribution in [0.4, 0.5) is 0 Å². The first kappa shape index (κ1) is 15.5. The number of methoxy groups -OCH3 is 2. The summed E-state index contributed by atoms with van der Waals surface area (Å²) in [4.78, 5) is 0. The van der Waals surface area contributed by atoms with Crippen LogP contribution in [0.1, 0.15) is 30.9 Å². The van der Waals surface area contributed by atoms with Crippen molar-refractivity contribution in [3.05, 3.63) is 22.2 Å². The van der Waals surface area contributed by atoms with Gasteiger partial charge in [0.2, 0.25) is 0 Å². The second-order valence-electron chi connectivity index (χ2n) is 5.33. The second kappa shape index (κ2) is 7.19. The second-order valence-corrected chi connectivity index (χ2v) is 5.71. The predicted molar refractivity (Wildman–Crippen MR) is 83.2 cm³/mol. The van der Waals surface area contributed by atoms with E-state index in [0.29, 0.717) is 5.92 Å². The van der Waals surface area contributed by atoms with Crippen molar-refractivity contribution in [2.45, 2.75) is 32.6 Å². The maximum Gasteiger partial charge on any atom is 0.165 e. The van der Waals surface area contributed by atoms with E-state index in [1.54, 1.807) is 14.2 Å². The fourth-order valence-electron chi connectivity index (χ4n) is 2.93. The summed E-state index contributed by atoms with van der Waals surface area (Å²) in [5.41, 5.74) is 2.22. The minimum Gasteiger partial charge on any atom is -0.493 e. The van der Waals surface area contributed by atoms with E-state index in [2.05, 4.69) is 12.2 Å². The van der Waals surface area contributed by atoms with Gasteiger partial charge in [0.25, 0.3) is 0 Å². The van der Waals surface area contributed by atoms with Gasteiger partial charge >= 0.3 is 0 Å². The molecular formula is C16H24ClNO2. The highest BCUT2D eigenvalue weighted by Gasteiger charge is 2.22. The molecule has 1 unspecified atom stereocenters. The molecule has 0 amide bonds. The van der Waals surface area contributed by atoms with Gasteiger partial charge in [0, 0.05) is 5.56 Å². The Balaban J connectivity index is 2.36. The van der Waals surface area contributed by atoms with Gasteiger partial charge in [-0.05, 0) is 56.3 Å². The van der Waals surface area contributed by atoms with Crippen LogP contribution in [0, 0.1) is 5.92 Å². The van der Waals surface area contributed by atoms with Crippen LogP contribution >= 0.6 is 11.6 Å². The van der Waals surface area contributed by atoms with E-state index in [0.717, 1.165) is 53.6 Å². The molecule has 2 rings (SSSR count). The molecule has 0 spiro atoms. The van der Waals surface area contributed by atoms with Crippen LogP contribution in [-0.2, 0) is 12.8 Å². The number of benzene rings is 1. The Morgan fingerprint density at radius 1 is 1.35 bits per heavy atom. The van der Waals surface area contributed by atoms with Crippen LogP contribution in [-0.4, -0.2) is 27.3 Å². The number of aryl methyl sites for hydroxylation is 1. The smallest absolute Gasteiger partial charge is 0.165 e. The number of piperidine rings is 1. The molecule has 112 valence electrons. The fraction of sp³-hybridized carbons (Fsp3) is 0.625. The number of nitrogens with one attached hydrogen (secondary N) is 1. The van der Waals surface area contributed by atoms with Crippen molar-refractivity contribution in [3.63, 3.8) is 0 Å². The minimum absolute atomic E-state index is 0.618. The van der Waals surface area contributed by atoms with Crippen molar-refractivity contribution in [3.8, 4) is 11.5 Å². The molecular weight excluding hydrogens is 274 g/mol. The number of ether oxygens (including phenoxy) is 2. The summed E-state index contributed by atoms with van der Waals surface area (Å²) in [6, 6.07) is 1.99. The van der Waals surface area contributed by atoms with Crippen molar-refractivity contribution < 1.29 is 9.47 Å². The lowest BCUT2D eigenvalue weighted by Crippen LogP contribution is -2.31. The third-order valence-corrected chi connectivity index (χ3v) is 4.52. The highest BCUT2D eigenvalue weighted by atomic mass is 35.5. The molecule has 0 bridgehead atoms. The lowest BCUT2D eigenvalue weighted by Gasteiger charge is -2.25. The molecule has 0 radical (unpaired) electrons. The maximum atomic E-state index is 6.59. The van der Waals surface area contributed by atoms with Gasteiger partial charge in [-0.15, -0.1) is 0 Å². The standard InChI is InChI=1S/C16H24ClNO2/c1-4-12-9-14(19-2)16(20-3)13(15(12)17)8-11-6-5-7-18-10-11/h9,11,18H,4-8,10H2,1-3H3. The van der Waals surface area contributed by atoms with Gasteiger partial charge in [-0.1, -0.05) is 18.5 Å². The lowest BCUT2D eigenvalue weighted by molar-refractivity contribution is 0.340. The average Bonchev–Trinajstić information content (AvgIpc) is 2.50. The molecule has 1 N–H and O–H groups in total. The normalized spacial score (nSPS) is 18.9. The largest absolute Gasteiger partial charge is 0.493 e. The summed E-state index contributed by atoms with van der Waals surface area (Å²) < 4.78 is 11.0. The third-order valence-electron chi connectivity index (χ3n) is 4.05. The summed E-state index contributed by atoms with van der Waals surface area (Å²) in [6.45, 7) is 4.29. The Labute approximate surface area is 126 Å². The highest BCUT2D eigenvalue weighted by Crippen LogP contribution is 2.40. The molecule has 1 heterocycles. The molecule has 1 aromatic carbocycles. The number of halogens is 1. The molecule has 1 saturated heterocycles. The van der Waals surface area contributed by atoms with Crippen molar-refractivity contribution in [1.82, 2.24) is 5.32 Å². The van der Waals surface area contributed by atoms with Crippen molar-refractivity contribution in [2.24, 2.45) is 5.92 Å². The monoisotopic (exact) mass is 297 g/mol. The van der Waals surface area contributed by atoms with Gasteiger partial charge in [-0.3, -0.25) is 0 Å². The summed E-state index contributed by atoms with van der Waals surface area (Å²) in [7, 11) is 3.36. The number of rotatable bonds is 5. The molecule has 3 nitrogen and oxygen atoms in total. The zero-order chi connectivity index (χ0) is 14.5. The van der Waals surface area contributed by atoms with Gasteiger partial charge < -0.3 is 14.8 Å². The van der Waals surface area contributed by atoms with E-state index < -0.39 is 0 Å². The van der Waals surface area contributed by atoms with Crippen LogP contribution in [0.3, 0.4) is 0 Å². The van der Waals surface area contributed by atoms with Crippen LogP contribution in [0.15, 0.2) is 6.07 Å². The zero-order valence-electron chi connectivity index (χ0n) is 12.6. The zero-order valence-corrected chi connectivity index (χ0v) is 13.3. The quantitative estimate of drug-likeness (QED) is 0.903. The summed E-state index contributed by atoms with van der Waals surface area (Å²) in [6.07, 6.45) is 4.31. The molecule has 1 fully saturated rings. The average molecular weight is 298 g/mol. The first-order chi connectivity index (χ1) is 9.71. The summed E-state index contributed by atoms with van der Waals surface area (Å²) in [5, 5.41) is 4.30. The number of hydrogen-bond acceptors (Lipinski definition) is 3. The molecule has 0 aliphatic carbocycles. The van der Waals surface area contributed by atoms with Crippen LogP contribution < -0.4 is 14.8 Å². The predicted octanol–water partition coefficient (Wildman–Crippen LogP) is 3.46. The van der Waals surface area contributed by atoms with Crippen LogP contribution in [0.5, 0.6) is 11.5 Å². The van der Waals surface area contributed by atoms with E-state index >= 15 is 0 Å². The molecule has 1 atom stereocenters. The molecule has 20 heavy (non-hydrogen) atoms. The Kier molecular flexibility index (Phi) is 5.55. The molecule has 4 heteroatoms. The molecule has 1 aromatic rings. The van der Waals surface area contributed by atoms with Crippen LogP contribution in [0.25, 0.3) is 0 Å². The molecule has 1 aliphatic rings. The van der Waals surface area contributed by atoms with Crippen LogP contribution in [0.2, 0.25) is 5.02 Å². The fourth-order valence-corrected chi connectivity index (χ4v) is 3.28. The van der Waals surface area contributed by atoms with E-state index in [-0.39, 0.29) is 0 Å². The van der Waals surface area contributed by atoms with Crippen molar-refractivity contribution in [2.75, 3.05) is 27.3 Å². The first-order valence-electron chi connectivity index (χ1n) is 7.34. The highest BCUT2D eigenvalue weighted by molar-refractivity contribution is 6.32. The van der Waals surface area contributed by atoms with Gasteiger partial charge in [0.1, 0.15) is 0 Å². The van der Waals surface area contributed by atoms with E-state index in [1.807, 2.05) is 6.07 Å². The topological polar surface area (TPSA) is 30.5 Å². The third kappa shape index (κ3) is 3.21. The number of hydrogen-bond donors (Lipinski definition) is 1. The summed E-state index contributed by atoms with van der Waals surface area (Å²) >= 11 is 6.59. The van der Waals surface area contributed by atoms with Crippen molar-refractivity contribution in [1.29, 1.82) is 0 Å². The van der Waals surface area contributed by atoms with E-state index in [9.17, 15) is 0 Å². The molecule has 0 saturated carbocycles. The Morgan fingerprint density at radius 3 is 2.70 bits per heavy atom. The summed E-state index contributed by atoms with van der Waals surface area (Å²) in [5.74, 6) is 2.19. The van der Waals surface area contributed by atoms with Gasteiger partial charge in [-0.25, -0.2) is 0 Å². The molecule has 0 aromatic heterocycles. The molecule has 1 aliphatic heterocycles. The minimum atomic E-state index is 0.618. The van der Waals surface area contributed by atoms with Gasteiger partial charge in [0.15, 0.2) is 11.5 Å². The Morgan fingerprint density at radius 2 is 2.15 bits per heavy atom. The van der Waals surface area contributed by atoms with Gasteiger partial charge in [-0.2, -0.15) is 0 Å². The van der Waals surface area contributed by atoms with E-state index in [4.69, 9.17) is 21.1 Å². The van der Waals surface area contributed by atoms with Gasteiger partial charge in [0.05, 0.1) is 19.2 Å². The van der Waals surface area contributed by atoms with E-state index in [1.165, 1.54) is 12.8 Å². The van der Waals surface area contributed by atoms with Crippen molar-refractivity contribution >= 4 is 11.6 Å². The maximum absolute atomic E-state index is 6.59.